The molecule has 14 aromatic rings. The molecule has 9 heterocycles. The molecular weight excluding hydrogens is 2310 g/mol. The maximum Gasteiger partial charge on any atom is 2.00 e. The number of aryl methyl sites for hydroxylation is 4. The summed E-state index contributed by atoms with van der Waals surface area (Å²) >= 11 is 1.76. The van der Waals surface area contributed by atoms with Crippen LogP contribution in [0.4, 0.5) is 8.78 Å². The average molecular weight is 2410 g/mol. The monoisotopic (exact) mass is 2410 g/mol. The molecular formula is C108H104F2N7O4Pt4S-. The van der Waals surface area contributed by atoms with E-state index in [4.69, 9.17) is 30.1 Å². The van der Waals surface area contributed by atoms with E-state index in [-0.39, 0.29) is 113 Å². The van der Waals surface area contributed by atoms with Crippen molar-refractivity contribution < 1.29 is 113 Å². The van der Waals surface area contributed by atoms with Crippen LogP contribution >= 0.6 is 11.3 Å². The number of nitrogens with zero attached hydrogens (tertiary/aromatic N) is 7. The molecule has 0 amide bonds. The second-order valence-corrected chi connectivity index (χ2v) is 30.3. The number of aliphatic hydroxyl groups is 2. The van der Waals surface area contributed by atoms with E-state index >= 15 is 0 Å². The van der Waals surface area contributed by atoms with Crippen LogP contribution in [0.3, 0.4) is 0 Å². The van der Waals surface area contributed by atoms with Crippen molar-refractivity contribution in [2.45, 2.75) is 148 Å². The summed E-state index contributed by atoms with van der Waals surface area (Å²) in [7, 11) is 0. The van der Waals surface area contributed by atoms with Crippen molar-refractivity contribution in [1.29, 1.82) is 0 Å². The number of benzene rings is 7. The SMILES string of the molecule is CC(=O)C=C(C)O.CC(O)=CC(=O)CC(C)C.CCC1=C(CC)c2cc3[n-]c(cc4nc(cc5[n-]c(cc1n2)c(CC)c5CC)C(CC)=C4CC)c(CC)c3CC.Fc1c[c-]c(-c2ccccn2)c(F)c1.[Pt+2].[Pt+2].[Pt+2].[Pt].[c-]1cc(-c2ccccc2)ccc1-c1ccccn1.[c-]1cc(-c2ccccc2)ccc1-c1ccccn1.[c-]1ccccc1-c1[c-]c2ccccc2s1. The molecule has 2 aliphatic rings. The Labute approximate surface area is 803 Å². The first-order chi connectivity index (χ1) is 59.2. The molecule has 11 nitrogen and oxygen atoms in total. The zero-order valence-electron chi connectivity index (χ0n) is 73.1. The fourth-order valence-corrected chi connectivity index (χ4v) is 15.5. The molecule has 0 spiro atoms. The van der Waals surface area contributed by atoms with Crippen molar-refractivity contribution in [3.63, 3.8) is 0 Å². The third-order valence-corrected chi connectivity index (χ3v) is 21.1. The van der Waals surface area contributed by atoms with Crippen LogP contribution in [0.2, 0.25) is 0 Å². The van der Waals surface area contributed by atoms with E-state index in [9.17, 15) is 18.4 Å². The number of halogens is 2. The number of pyridine rings is 3. The third-order valence-electron chi connectivity index (χ3n) is 20.0. The van der Waals surface area contributed by atoms with E-state index in [2.05, 4.69) is 198 Å². The predicted octanol–water partition coefficient (Wildman–Crippen LogP) is 27.8. The number of aliphatic hydroxyl groups excluding tert-OH is 2. The van der Waals surface area contributed by atoms with Crippen LogP contribution in [0.25, 0.3) is 121 Å². The zero-order valence-corrected chi connectivity index (χ0v) is 83.0. The van der Waals surface area contributed by atoms with Gasteiger partial charge in [0.2, 0.25) is 0 Å². The van der Waals surface area contributed by atoms with Crippen molar-refractivity contribution in [2.75, 3.05) is 0 Å². The largest absolute Gasteiger partial charge is 2.00 e. The Morgan fingerprint density at radius 2 is 0.817 bits per heavy atom. The van der Waals surface area contributed by atoms with Crippen LogP contribution < -0.4 is 9.97 Å². The molecule has 0 saturated heterocycles. The molecule has 0 unspecified atom stereocenters. The van der Waals surface area contributed by atoms with Gasteiger partial charge in [0, 0.05) is 69.9 Å². The Balaban J connectivity index is 0.000000243. The van der Waals surface area contributed by atoms with Crippen LogP contribution in [0.15, 0.2) is 279 Å². The van der Waals surface area contributed by atoms with Crippen LogP contribution in [0, 0.1) is 47.9 Å². The van der Waals surface area contributed by atoms with E-state index < -0.39 is 11.6 Å². The standard InChI is InChI=1S/C36H44N4.2C17H12N.C14H8S.C11H6F2N.C8H14O2.C5H8O2.4Pt/c1-9-21-22(10-2)30-18-32-25(13-5)26(14-6)34(39-32)20-36-28(16-8)27(15-7)35(40-36)19-33-24(12-4)23(11-3)31(38-33)17-29(21)37-30;2*1-2-6-14(7-3-1)15-9-11-16(12-10-15)17-8-4-5-13-18-17;1-2-6-11(7-3-1)14-10-12-8-4-5-9-13(12)15-14;12-8-4-5-9(10(13)7-8)11-3-1-2-6-14-11;1-6(2)4-8(10)5-7(3)9;1-4(6)3-5(2)7;;;;/h17-20H,9-16H2,1-8H3;2*1-11,13H;1-6,8-9H;1-4,6-7H;5-6,9H,4H2,1-3H3;3,6H,1-2H3;;;;/q-2;2*-1;-2;-1;;;;3*+2. The second kappa shape index (κ2) is 53.3. The predicted molar refractivity (Wildman–Crippen MR) is 500 cm³/mol. The number of hydrogen-bond donors (Lipinski definition) is 2. The van der Waals surface area contributed by atoms with Crippen molar-refractivity contribution in [3.8, 4) is 66.5 Å². The number of allylic oxidation sites excluding steroid dienone is 8. The summed E-state index contributed by atoms with van der Waals surface area (Å²) in [6.07, 6.45) is 15.7. The minimum atomic E-state index is -0.649. The molecule has 0 saturated carbocycles. The van der Waals surface area contributed by atoms with E-state index in [1.165, 1.54) is 110 Å². The van der Waals surface area contributed by atoms with Crippen LogP contribution in [0.1, 0.15) is 167 Å². The van der Waals surface area contributed by atoms with Gasteiger partial charge in [-0.3, -0.25) is 29.7 Å². The maximum atomic E-state index is 13.2. The maximum absolute atomic E-state index is 13.2. The Morgan fingerprint density at radius 1 is 0.421 bits per heavy atom. The summed E-state index contributed by atoms with van der Waals surface area (Å²) in [5.41, 5.74) is 29.6. The van der Waals surface area contributed by atoms with Gasteiger partial charge in [0.25, 0.3) is 0 Å². The smallest absolute Gasteiger partial charge is 0.657 e. The summed E-state index contributed by atoms with van der Waals surface area (Å²) in [4.78, 5) is 55.6. The van der Waals surface area contributed by atoms with Crippen molar-refractivity contribution in [3.05, 3.63) is 366 Å². The van der Waals surface area contributed by atoms with Gasteiger partial charge in [-0.2, -0.15) is 30.3 Å². The van der Waals surface area contributed by atoms with Gasteiger partial charge < -0.3 is 35.1 Å². The van der Waals surface area contributed by atoms with E-state index in [0.29, 0.717) is 18.0 Å². The summed E-state index contributed by atoms with van der Waals surface area (Å²) < 4.78 is 27.1. The van der Waals surface area contributed by atoms with E-state index in [1.54, 1.807) is 48.1 Å². The van der Waals surface area contributed by atoms with Gasteiger partial charge in [0.1, 0.15) is 0 Å². The Kier molecular flexibility index (Phi) is 44.1. The molecule has 0 atom stereocenters. The second-order valence-electron chi connectivity index (χ2n) is 29.2. The molecule has 7 aromatic heterocycles. The Morgan fingerprint density at radius 3 is 1.14 bits per heavy atom. The summed E-state index contributed by atoms with van der Waals surface area (Å²) in [5.74, 6) is -0.901. The van der Waals surface area contributed by atoms with Crippen LogP contribution in [-0.2, 0) is 120 Å². The quantitative estimate of drug-likeness (QED) is 0.0477. The van der Waals surface area contributed by atoms with E-state index in [0.717, 1.165) is 141 Å². The minimum Gasteiger partial charge on any atom is -0.657 e. The number of ketones is 2. The number of rotatable bonds is 18. The van der Waals surface area contributed by atoms with Gasteiger partial charge in [-0.15, -0.1) is 122 Å². The molecule has 0 aliphatic carbocycles. The normalized spacial score (nSPS) is 11.2. The molecule has 2 aliphatic heterocycles. The number of aromatic nitrogens is 7. The first-order valence-electron chi connectivity index (χ1n) is 41.7. The van der Waals surface area contributed by atoms with Gasteiger partial charge in [0.05, 0.1) is 34.3 Å². The van der Waals surface area contributed by atoms with Gasteiger partial charge in [-0.25, -0.2) is 15.5 Å². The first-order valence-corrected chi connectivity index (χ1v) is 42.5. The molecule has 126 heavy (non-hydrogen) atoms. The van der Waals surface area contributed by atoms with Gasteiger partial charge >= 0.3 is 63.2 Å². The van der Waals surface area contributed by atoms with Crippen molar-refractivity contribution >= 4 is 77.3 Å². The van der Waals surface area contributed by atoms with Crippen molar-refractivity contribution in [1.82, 2.24) is 34.9 Å². The first kappa shape index (κ1) is 104. The zero-order chi connectivity index (χ0) is 87.0. The third kappa shape index (κ3) is 29.3. The van der Waals surface area contributed by atoms with Gasteiger partial charge in [0.15, 0.2) is 11.6 Å². The number of carbonyl (C=O) groups is 2. The minimum absolute atomic E-state index is 0. The number of thiophene rings is 1. The molecule has 656 valence electrons. The van der Waals surface area contributed by atoms with Crippen molar-refractivity contribution in [2.24, 2.45) is 5.92 Å². The van der Waals surface area contributed by atoms with Gasteiger partial charge in [-0.05, 0) is 136 Å². The topological polar surface area (TPSA) is 167 Å². The molecule has 0 fully saturated rings. The van der Waals surface area contributed by atoms with Crippen LogP contribution in [0.5, 0.6) is 0 Å². The summed E-state index contributed by atoms with van der Waals surface area (Å²) in [6, 6.07) is 92.8. The molecule has 18 heteroatoms. The van der Waals surface area contributed by atoms with E-state index in [1.807, 2.05) is 123 Å². The summed E-state index contributed by atoms with van der Waals surface area (Å²) in [5, 5.41) is 18.2. The molecule has 8 bridgehead atoms. The average Bonchev–Trinajstić information content (AvgIpc) is 1.62. The number of fused-ring (bicyclic) bond motifs is 9. The number of carbonyl (C=O) groups excluding carboxylic acids is 2. The van der Waals surface area contributed by atoms with Crippen LogP contribution in [-0.4, -0.2) is 46.7 Å². The molecule has 16 rings (SSSR count). The number of hydrogen-bond acceptors (Lipinski definition) is 10. The molecule has 2 N–H and O–H groups in total. The Bertz CT molecular complexity index is 5590. The Hall–Kier alpha value is -10.4. The fourth-order valence-electron chi connectivity index (χ4n) is 14.5. The molecule has 0 radical (unpaired) electrons. The molecule has 7 aromatic carbocycles. The fraction of sp³-hybridized carbons (Fsp3) is 0.213. The van der Waals surface area contributed by atoms with Gasteiger partial charge in [-0.1, -0.05) is 264 Å². The summed E-state index contributed by atoms with van der Waals surface area (Å²) in [6.45, 7) is 26.2.